The van der Waals surface area contributed by atoms with Gasteiger partial charge >= 0.3 is 0 Å². The molecule has 0 heterocycles. The molecule has 2 saturated carbocycles. The maximum atomic E-state index is 12.4. The molecule has 0 unspecified atom stereocenters. The lowest BCUT2D eigenvalue weighted by Gasteiger charge is -2.42. The Bertz CT molecular complexity index is 532. The van der Waals surface area contributed by atoms with E-state index in [0.717, 1.165) is 12.0 Å². The van der Waals surface area contributed by atoms with E-state index in [2.05, 4.69) is 12.1 Å². The van der Waals surface area contributed by atoms with Gasteiger partial charge in [-0.05, 0) is 42.7 Å². The Morgan fingerprint density at radius 1 is 1.18 bits per heavy atom. The van der Waals surface area contributed by atoms with Gasteiger partial charge in [-0.15, -0.1) is 0 Å². The van der Waals surface area contributed by atoms with Gasteiger partial charge in [-0.2, -0.15) is 0 Å². The second kappa shape index (κ2) is 7.23. The van der Waals surface area contributed by atoms with Gasteiger partial charge in [0.25, 0.3) is 0 Å². The number of ether oxygens (including phenoxy) is 1. The number of ketones is 1. The molecule has 0 aliphatic heterocycles. The predicted octanol–water partition coefficient (Wildman–Crippen LogP) is 4.54. The van der Waals surface area contributed by atoms with Crippen LogP contribution in [0.15, 0.2) is 42.0 Å². The Morgan fingerprint density at radius 3 is 2.73 bits per heavy atom. The van der Waals surface area contributed by atoms with Crippen molar-refractivity contribution in [1.82, 2.24) is 0 Å². The smallest absolute Gasteiger partial charge is 0.159 e. The second-order valence-electron chi connectivity index (χ2n) is 6.69. The van der Waals surface area contributed by atoms with E-state index in [0.29, 0.717) is 36.8 Å². The van der Waals surface area contributed by atoms with Gasteiger partial charge < -0.3 is 4.74 Å². The molecule has 3 rings (SSSR count). The summed E-state index contributed by atoms with van der Waals surface area (Å²) in [4.78, 5) is 12.4. The molecule has 118 valence electrons. The summed E-state index contributed by atoms with van der Waals surface area (Å²) in [6, 6.07) is 10.3. The molecular weight excluding hydrogens is 272 g/mol. The zero-order valence-corrected chi connectivity index (χ0v) is 13.5. The monoisotopic (exact) mass is 298 g/mol. The molecule has 0 radical (unpaired) electrons. The summed E-state index contributed by atoms with van der Waals surface area (Å²) in [5, 5.41) is 0. The first-order chi connectivity index (χ1) is 10.8. The summed E-state index contributed by atoms with van der Waals surface area (Å²) in [7, 11) is 0. The van der Waals surface area contributed by atoms with E-state index in [1.165, 1.54) is 31.2 Å². The fourth-order valence-electron chi connectivity index (χ4n) is 4.28. The maximum absolute atomic E-state index is 12.4. The minimum absolute atomic E-state index is 0.306. The standard InChI is InChI=1S/C20H26O2/c1-2-17-19(14-22-13-15-8-4-3-5-9-15)18-11-7-6-10-16(18)12-20(17)21/h2-5,8-9,16,18-19H,6-7,10-14H2,1H3/b17-2+/t16-,18+,19+/m0/s1. The van der Waals surface area contributed by atoms with Crippen LogP contribution in [0, 0.1) is 17.8 Å². The number of benzene rings is 1. The maximum Gasteiger partial charge on any atom is 0.159 e. The van der Waals surface area contributed by atoms with Crippen molar-refractivity contribution in [2.45, 2.75) is 45.6 Å². The van der Waals surface area contributed by atoms with Crippen molar-refractivity contribution in [3.63, 3.8) is 0 Å². The van der Waals surface area contributed by atoms with Gasteiger partial charge in [-0.1, -0.05) is 49.2 Å². The third-order valence-corrected chi connectivity index (χ3v) is 5.37. The summed E-state index contributed by atoms with van der Waals surface area (Å²) >= 11 is 0. The summed E-state index contributed by atoms with van der Waals surface area (Å²) < 4.78 is 6.00. The van der Waals surface area contributed by atoms with E-state index < -0.39 is 0 Å². The number of fused-ring (bicyclic) bond motifs is 1. The lowest BCUT2D eigenvalue weighted by atomic mass is 9.63. The first-order valence-corrected chi connectivity index (χ1v) is 8.60. The van der Waals surface area contributed by atoms with Crippen molar-refractivity contribution in [1.29, 1.82) is 0 Å². The molecule has 3 atom stereocenters. The van der Waals surface area contributed by atoms with E-state index in [1.807, 2.05) is 31.2 Å². The van der Waals surface area contributed by atoms with Crippen molar-refractivity contribution in [2.75, 3.05) is 6.61 Å². The first-order valence-electron chi connectivity index (χ1n) is 8.60. The molecule has 0 bridgehead atoms. The topological polar surface area (TPSA) is 26.3 Å². The van der Waals surface area contributed by atoms with Crippen molar-refractivity contribution < 1.29 is 9.53 Å². The van der Waals surface area contributed by atoms with E-state index in [1.54, 1.807) is 0 Å². The molecule has 0 N–H and O–H groups in total. The lowest BCUT2D eigenvalue weighted by molar-refractivity contribution is -0.121. The highest BCUT2D eigenvalue weighted by Gasteiger charge is 2.41. The van der Waals surface area contributed by atoms with Crippen molar-refractivity contribution >= 4 is 5.78 Å². The summed E-state index contributed by atoms with van der Waals surface area (Å²) in [5.41, 5.74) is 2.23. The number of allylic oxidation sites excluding steroid dienone is 1. The average molecular weight is 298 g/mol. The van der Waals surface area contributed by atoms with E-state index in [4.69, 9.17) is 4.74 Å². The number of hydrogen-bond donors (Lipinski definition) is 0. The van der Waals surface area contributed by atoms with Crippen LogP contribution in [0.3, 0.4) is 0 Å². The van der Waals surface area contributed by atoms with Crippen LogP contribution in [0.5, 0.6) is 0 Å². The number of carbonyl (C=O) groups excluding carboxylic acids is 1. The molecule has 0 aromatic heterocycles. The van der Waals surface area contributed by atoms with Gasteiger partial charge in [-0.3, -0.25) is 4.79 Å². The highest BCUT2D eigenvalue weighted by atomic mass is 16.5. The Labute approximate surface area is 133 Å². The minimum Gasteiger partial charge on any atom is -0.376 e. The van der Waals surface area contributed by atoms with Gasteiger partial charge in [0.2, 0.25) is 0 Å². The number of Topliss-reactive ketones (excluding diaryl/α,β-unsaturated/α-hetero) is 1. The van der Waals surface area contributed by atoms with Crippen LogP contribution in [-0.4, -0.2) is 12.4 Å². The Kier molecular flexibility index (Phi) is 5.09. The van der Waals surface area contributed by atoms with Crippen molar-refractivity contribution in [3.05, 3.63) is 47.5 Å². The first kappa shape index (κ1) is 15.5. The van der Waals surface area contributed by atoms with Gasteiger partial charge in [0.1, 0.15) is 0 Å². The SMILES string of the molecule is C/C=C1/C(=O)C[C@@H]2CCCC[C@H]2[C@@H]1COCc1ccccc1. The Balaban J connectivity index is 1.66. The molecular formula is C20H26O2. The number of rotatable bonds is 4. The molecule has 1 aromatic rings. The molecule has 2 aliphatic rings. The Morgan fingerprint density at radius 2 is 1.95 bits per heavy atom. The highest BCUT2D eigenvalue weighted by molar-refractivity contribution is 5.96. The highest BCUT2D eigenvalue weighted by Crippen LogP contribution is 2.44. The molecule has 2 nitrogen and oxygen atoms in total. The van der Waals surface area contributed by atoms with Crippen molar-refractivity contribution in [2.24, 2.45) is 17.8 Å². The molecule has 2 fully saturated rings. The second-order valence-corrected chi connectivity index (χ2v) is 6.69. The summed E-state index contributed by atoms with van der Waals surface area (Å²) in [6.45, 7) is 3.32. The van der Waals surface area contributed by atoms with Gasteiger partial charge in [0.15, 0.2) is 5.78 Å². The molecule has 22 heavy (non-hydrogen) atoms. The van der Waals surface area contributed by atoms with E-state index >= 15 is 0 Å². The lowest BCUT2D eigenvalue weighted by Crippen LogP contribution is -2.39. The largest absolute Gasteiger partial charge is 0.376 e. The van der Waals surface area contributed by atoms with Gasteiger partial charge in [0, 0.05) is 12.3 Å². The molecule has 2 aliphatic carbocycles. The predicted molar refractivity (Wildman–Crippen MR) is 88.4 cm³/mol. The third-order valence-electron chi connectivity index (χ3n) is 5.37. The number of hydrogen-bond acceptors (Lipinski definition) is 2. The minimum atomic E-state index is 0.306. The molecule has 2 heteroatoms. The van der Waals surface area contributed by atoms with Crippen LogP contribution in [0.1, 0.15) is 44.6 Å². The zero-order chi connectivity index (χ0) is 15.4. The van der Waals surface area contributed by atoms with Crippen LogP contribution >= 0.6 is 0 Å². The summed E-state index contributed by atoms with van der Waals surface area (Å²) in [5.74, 6) is 1.91. The van der Waals surface area contributed by atoms with Gasteiger partial charge in [0.05, 0.1) is 13.2 Å². The zero-order valence-electron chi connectivity index (χ0n) is 13.5. The quantitative estimate of drug-likeness (QED) is 0.763. The van der Waals surface area contributed by atoms with E-state index in [-0.39, 0.29) is 0 Å². The van der Waals surface area contributed by atoms with Crippen LogP contribution < -0.4 is 0 Å². The van der Waals surface area contributed by atoms with Crippen LogP contribution in [0.25, 0.3) is 0 Å². The molecule has 1 aromatic carbocycles. The average Bonchev–Trinajstić information content (AvgIpc) is 2.55. The fraction of sp³-hybridized carbons (Fsp3) is 0.550. The van der Waals surface area contributed by atoms with Crippen LogP contribution in [0.2, 0.25) is 0 Å². The normalized spacial score (nSPS) is 30.3. The third kappa shape index (κ3) is 3.33. The summed E-state index contributed by atoms with van der Waals surface area (Å²) in [6.07, 6.45) is 7.87. The van der Waals surface area contributed by atoms with E-state index in [9.17, 15) is 4.79 Å². The molecule has 0 saturated heterocycles. The molecule has 0 amide bonds. The number of carbonyl (C=O) groups is 1. The fourth-order valence-corrected chi connectivity index (χ4v) is 4.28. The van der Waals surface area contributed by atoms with Crippen LogP contribution in [0.4, 0.5) is 0 Å². The Hall–Kier alpha value is -1.41. The molecule has 0 spiro atoms. The van der Waals surface area contributed by atoms with Crippen molar-refractivity contribution in [3.8, 4) is 0 Å². The van der Waals surface area contributed by atoms with Gasteiger partial charge in [-0.25, -0.2) is 0 Å². The van der Waals surface area contributed by atoms with Crippen LogP contribution in [-0.2, 0) is 16.1 Å².